The Morgan fingerprint density at radius 1 is 0.644 bits per heavy atom. The average molecular weight is 846 g/mol. The molecule has 3 atom stereocenters. The van der Waals surface area contributed by atoms with Crippen molar-refractivity contribution in [2.45, 2.75) is 148 Å². The van der Waals surface area contributed by atoms with E-state index in [0.29, 0.717) is 17.4 Å². The van der Waals surface area contributed by atoms with Gasteiger partial charge < -0.3 is 33.0 Å². The van der Waals surface area contributed by atoms with Crippen molar-refractivity contribution in [1.29, 1.82) is 0 Å². The zero-order valence-corrected chi connectivity index (χ0v) is 38.2. The molecule has 1 N–H and O–H groups in total. The minimum Gasteiger partial charge on any atom is -0.756 e. The first kappa shape index (κ1) is 55.9. The van der Waals surface area contributed by atoms with Crippen molar-refractivity contribution in [1.82, 2.24) is 0 Å². The lowest BCUT2D eigenvalue weighted by Gasteiger charge is -2.28. The number of rotatable bonds is 38. The molecule has 0 aliphatic carbocycles. The van der Waals surface area contributed by atoms with Crippen LogP contribution in [0.3, 0.4) is 0 Å². The number of aliphatic hydroxyl groups is 1. The molecule has 11 heteroatoms. The Labute approximate surface area is 358 Å². The second-order valence-electron chi connectivity index (χ2n) is 15.5. The van der Waals surface area contributed by atoms with E-state index >= 15 is 0 Å². The van der Waals surface area contributed by atoms with Gasteiger partial charge in [-0.15, -0.1) is 0 Å². The second-order valence-corrected chi connectivity index (χ2v) is 16.9. The van der Waals surface area contributed by atoms with E-state index in [9.17, 15) is 24.2 Å². The number of unbranched alkanes of at least 4 members (excludes halogenated alkanes) is 8. The molecule has 0 aliphatic heterocycles. The van der Waals surface area contributed by atoms with Crippen LogP contribution in [0.1, 0.15) is 136 Å². The zero-order chi connectivity index (χ0) is 43.7. The molecule has 0 spiro atoms. The first-order valence-corrected chi connectivity index (χ1v) is 23.5. The van der Waals surface area contributed by atoms with Crippen molar-refractivity contribution in [3.8, 4) is 0 Å². The fourth-order valence-electron chi connectivity index (χ4n) is 5.20. The number of carbonyl (C=O) groups is 2. The summed E-state index contributed by atoms with van der Waals surface area (Å²) in [6.07, 6.45) is 47.7. The molecular formula is C48H80NO9P. The van der Waals surface area contributed by atoms with Gasteiger partial charge in [-0.25, -0.2) is 0 Å². The number of phosphoric acid groups is 1. The summed E-state index contributed by atoms with van der Waals surface area (Å²) in [5.41, 5.74) is 0. The number of carbonyl (C=O) groups excluding carboxylic acids is 2. The third-order valence-corrected chi connectivity index (χ3v) is 9.67. The number of allylic oxidation sites excluding steroid dienone is 15. The summed E-state index contributed by atoms with van der Waals surface area (Å²) in [5, 5.41) is 10.3. The van der Waals surface area contributed by atoms with E-state index in [0.717, 1.165) is 77.0 Å². The summed E-state index contributed by atoms with van der Waals surface area (Å²) in [6, 6.07) is 0. The third-order valence-electron chi connectivity index (χ3n) is 8.71. The summed E-state index contributed by atoms with van der Waals surface area (Å²) in [7, 11) is 1.02. The van der Waals surface area contributed by atoms with Gasteiger partial charge in [-0.1, -0.05) is 143 Å². The van der Waals surface area contributed by atoms with Gasteiger partial charge in [0.1, 0.15) is 19.8 Å². The minimum absolute atomic E-state index is 0.0750. The molecule has 0 fully saturated rings. The van der Waals surface area contributed by atoms with E-state index in [1.165, 1.54) is 19.3 Å². The number of nitrogens with zero attached hydrogens (tertiary/aromatic N) is 1. The smallest absolute Gasteiger partial charge is 0.306 e. The summed E-state index contributed by atoms with van der Waals surface area (Å²) >= 11 is 0. The summed E-state index contributed by atoms with van der Waals surface area (Å²) in [4.78, 5) is 37.6. The molecule has 0 heterocycles. The Morgan fingerprint density at radius 2 is 1.19 bits per heavy atom. The first-order chi connectivity index (χ1) is 28.4. The van der Waals surface area contributed by atoms with Gasteiger partial charge >= 0.3 is 11.9 Å². The molecule has 0 saturated carbocycles. The fraction of sp³-hybridized carbons (Fsp3) is 0.625. The van der Waals surface area contributed by atoms with Crippen LogP contribution in [-0.2, 0) is 32.7 Å². The van der Waals surface area contributed by atoms with Crippen molar-refractivity contribution in [2.75, 3.05) is 47.5 Å². The highest BCUT2D eigenvalue weighted by Crippen LogP contribution is 2.38. The topological polar surface area (TPSA) is 131 Å². The van der Waals surface area contributed by atoms with Gasteiger partial charge in [0.2, 0.25) is 0 Å². The highest BCUT2D eigenvalue weighted by Gasteiger charge is 2.22. The van der Waals surface area contributed by atoms with Crippen molar-refractivity contribution in [3.05, 3.63) is 97.2 Å². The van der Waals surface area contributed by atoms with Crippen molar-refractivity contribution in [2.24, 2.45) is 0 Å². The van der Waals surface area contributed by atoms with Gasteiger partial charge in [-0.05, 0) is 77.0 Å². The number of aliphatic hydroxyl groups excluding tert-OH is 1. The molecule has 0 saturated heterocycles. The van der Waals surface area contributed by atoms with Gasteiger partial charge in [0.25, 0.3) is 7.82 Å². The maximum atomic E-state index is 12.7. The average Bonchev–Trinajstić information content (AvgIpc) is 3.18. The van der Waals surface area contributed by atoms with E-state index in [2.05, 4.69) is 86.8 Å². The Bertz CT molecular complexity index is 1340. The van der Waals surface area contributed by atoms with Crippen LogP contribution in [0.4, 0.5) is 0 Å². The van der Waals surface area contributed by atoms with Crippen LogP contribution in [0, 0.1) is 0 Å². The quantitative estimate of drug-likeness (QED) is 0.0161. The number of esters is 2. The number of quaternary nitrogens is 1. The SMILES string of the molecule is CC/C=C\C/C=C\C/C=C\C/C=C\C/C=C\C=C/C(O)CCC(=O)OC[C@H](COP(=O)([O-])OCC[N+](C)(C)C)OC(=O)CCCCCCC/C=C\C/C=C\CCCCC. The fourth-order valence-corrected chi connectivity index (χ4v) is 5.93. The van der Waals surface area contributed by atoms with E-state index in [4.69, 9.17) is 18.5 Å². The van der Waals surface area contributed by atoms with Crippen molar-refractivity contribution >= 4 is 19.8 Å². The van der Waals surface area contributed by atoms with Crippen LogP contribution in [0.2, 0.25) is 0 Å². The maximum absolute atomic E-state index is 12.7. The molecule has 0 aliphatic rings. The monoisotopic (exact) mass is 846 g/mol. The van der Waals surface area contributed by atoms with E-state index in [-0.39, 0.29) is 25.9 Å². The lowest BCUT2D eigenvalue weighted by Crippen LogP contribution is -2.37. The number of hydrogen-bond donors (Lipinski definition) is 1. The molecule has 10 nitrogen and oxygen atoms in total. The van der Waals surface area contributed by atoms with E-state index < -0.39 is 45.2 Å². The largest absolute Gasteiger partial charge is 0.756 e. The van der Waals surface area contributed by atoms with Crippen LogP contribution >= 0.6 is 7.82 Å². The molecule has 336 valence electrons. The Morgan fingerprint density at radius 3 is 1.78 bits per heavy atom. The van der Waals surface area contributed by atoms with Crippen LogP contribution in [0.5, 0.6) is 0 Å². The third kappa shape index (κ3) is 42.8. The minimum atomic E-state index is -4.69. The maximum Gasteiger partial charge on any atom is 0.306 e. The predicted molar refractivity (Wildman–Crippen MR) is 241 cm³/mol. The normalized spacial score (nSPS) is 15.0. The van der Waals surface area contributed by atoms with Crippen LogP contribution < -0.4 is 4.89 Å². The Kier molecular flexibility index (Phi) is 37.0. The Hall–Kier alpha value is -3.11. The molecule has 0 aromatic rings. The number of phosphoric ester groups is 1. The van der Waals surface area contributed by atoms with Crippen molar-refractivity contribution in [3.63, 3.8) is 0 Å². The first-order valence-electron chi connectivity index (χ1n) is 22.1. The highest BCUT2D eigenvalue weighted by molar-refractivity contribution is 7.45. The molecule has 0 aromatic carbocycles. The van der Waals surface area contributed by atoms with Gasteiger partial charge in [-0.3, -0.25) is 14.2 Å². The summed E-state index contributed by atoms with van der Waals surface area (Å²) < 4.78 is 33.7. The Balaban J connectivity index is 4.63. The van der Waals surface area contributed by atoms with Gasteiger partial charge in [0, 0.05) is 12.8 Å². The molecule has 0 rings (SSSR count). The van der Waals surface area contributed by atoms with E-state index in [1.807, 2.05) is 33.3 Å². The molecule has 0 aromatic heterocycles. The van der Waals surface area contributed by atoms with Crippen LogP contribution in [0.15, 0.2) is 97.2 Å². The van der Waals surface area contributed by atoms with Crippen molar-refractivity contribution < 1.29 is 47.2 Å². The molecule has 0 amide bonds. The van der Waals surface area contributed by atoms with Crippen LogP contribution in [-0.4, -0.2) is 81.2 Å². The number of ether oxygens (including phenoxy) is 2. The second kappa shape index (κ2) is 39.1. The molecular weight excluding hydrogens is 765 g/mol. The number of hydrogen-bond acceptors (Lipinski definition) is 9. The molecule has 2 unspecified atom stereocenters. The van der Waals surface area contributed by atoms with E-state index in [1.54, 1.807) is 12.2 Å². The van der Waals surface area contributed by atoms with Gasteiger partial charge in [-0.2, -0.15) is 0 Å². The predicted octanol–water partition coefficient (Wildman–Crippen LogP) is 10.9. The lowest BCUT2D eigenvalue weighted by molar-refractivity contribution is -0.870. The highest BCUT2D eigenvalue weighted by atomic mass is 31.2. The molecule has 0 bridgehead atoms. The summed E-state index contributed by atoms with van der Waals surface area (Å²) in [5.74, 6) is -1.14. The van der Waals surface area contributed by atoms with Gasteiger partial charge in [0.05, 0.1) is 33.9 Å². The number of likely N-dealkylation sites (N-methyl/N-ethyl adjacent to an activating group) is 1. The molecule has 0 radical (unpaired) electrons. The molecule has 59 heavy (non-hydrogen) atoms. The zero-order valence-electron chi connectivity index (χ0n) is 37.3. The lowest BCUT2D eigenvalue weighted by atomic mass is 10.1. The summed E-state index contributed by atoms with van der Waals surface area (Å²) in [6.45, 7) is 3.76. The standard InChI is InChI=1S/C48H80NO9P/c1-6-8-10-12-14-16-18-20-22-24-25-27-29-31-33-35-37-45(50)39-40-47(51)55-43-46(44-57-59(53,54)56-42-41-49(3,4)5)58-48(52)38-36-34-32-30-28-26-23-21-19-17-15-13-11-9-7-2/h8,10,14-17,20-23,25,27,31,33,35,37,45-46,50H,6-7,9,11-13,18-19,24,26,28-30,32,34,36,38-44H2,1-5H3/b10-8-,16-14-,17-15-,22-20-,23-21-,27-25-,33-31-,37-35-/t45?,46-/m1/s1. The van der Waals surface area contributed by atoms with Crippen LogP contribution in [0.25, 0.3) is 0 Å². The van der Waals surface area contributed by atoms with Gasteiger partial charge in [0.15, 0.2) is 6.10 Å².